The van der Waals surface area contributed by atoms with Gasteiger partial charge in [0.15, 0.2) is 0 Å². The molecule has 1 aromatic heterocycles. The van der Waals surface area contributed by atoms with E-state index in [9.17, 15) is 4.79 Å². The number of aryl methyl sites for hydroxylation is 3. The summed E-state index contributed by atoms with van der Waals surface area (Å²) < 4.78 is 0. The van der Waals surface area contributed by atoms with Crippen LogP contribution in [0.3, 0.4) is 0 Å². The number of hydrogen-bond acceptors (Lipinski definition) is 4. The minimum Gasteiger partial charge on any atom is -0.339 e. The van der Waals surface area contributed by atoms with Gasteiger partial charge in [0.2, 0.25) is 0 Å². The van der Waals surface area contributed by atoms with Crippen LogP contribution in [0.2, 0.25) is 0 Å². The van der Waals surface area contributed by atoms with Crippen LogP contribution in [0.15, 0.2) is 54.9 Å². The molecule has 3 rings (SSSR count). The summed E-state index contributed by atoms with van der Waals surface area (Å²) in [7, 11) is 0. The summed E-state index contributed by atoms with van der Waals surface area (Å²) in [6.45, 7) is 6.05. The SMILES string of the molecule is CCc1ccccc1Nc1cnc(C(=O)Nc2cc(C)ccc2C)cn1. The van der Waals surface area contributed by atoms with Crippen molar-refractivity contribution in [1.82, 2.24) is 9.97 Å². The zero-order valence-corrected chi connectivity index (χ0v) is 15.2. The van der Waals surface area contributed by atoms with Gasteiger partial charge in [-0.15, -0.1) is 0 Å². The minimum absolute atomic E-state index is 0.272. The van der Waals surface area contributed by atoms with Gasteiger partial charge in [0, 0.05) is 11.4 Å². The molecular weight excluding hydrogens is 324 g/mol. The normalized spacial score (nSPS) is 10.4. The van der Waals surface area contributed by atoms with Gasteiger partial charge in [-0.1, -0.05) is 37.3 Å². The van der Waals surface area contributed by atoms with Gasteiger partial charge in [-0.05, 0) is 49.1 Å². The van der Waals surface area contributed by atoms with Gasteiger partial charge in [-0.25, -0.2) is 9.97 Å². The summed E-state index contributed by atoms with van der Waals surface area (Å²) in [6.07, 6.45) is 3.98. The molecule has 0 saturated heterocycles. The summed E-state index contributed by atoms with van der Waals surface area (Å²) in [5.74, 6) is 0.334. The van der Waals surface area contributed by atoms with Gasteiger partial charge in [0.05, 0.1) is 12.4 Å². The lowest BCUT2D eigenvalue weighted by Gasteiger charge is -2.11. The molecule has 0 spiro atoms. The first-order valence-corrected chi connectivity index (χ1v) is 8.62. The average Bonchev–Trinajstić information content (AvgIpc) is 2.65. The van der Waals surface area contributed by atoms with Crippen LogP contribution in [0.4, 0.5) is 17.2 Å². The molecule has 1 heterocycles. The number of aromatic nitrogens is 2. The zero-order chi connectivity index (χ0) is 18.5. The van der Waals surface area contributed by atoms with Crippen molar-refractivity contribution in [2.75, 3.05) is 10.6 Å². The highest BCUT2D eigenvalue weighted by Crippen LogP contribution is 2.20. The van der Waals surface area contributed by atoms with Crippen molar-refractivity contribution >= 4 is 23.1 Å². The second kappa shape index (κ2) is 7.78. The fourth-order valence-electron chi connectivity index (χ4n) is 2.66. The maximum absolute atomic E-state index is 12.4. The third-order valence-electron chi connectivity index (χ3n) is 4.19. The zero-order valence-electron chi connectivity index (χ0n) is 15.2. The average molecular weight is 346 g/mol. The van der Waals surface area contributed by atoms with Gasteiger partial charge < -0.3 is 10.6 Å². The number of carbonyl (C=O) groups is 1. The molecule has 3 aromatic rings. The Morgan fingerprint density at radius 3 is 2.54 bits per heavy atom. The Morgan fingerprint density at radius 2 is 1.81 bits per heavy atom. The molecule has 2 aromatic carbocycles. The van der Waals surface area contributed by atoms with Crippen LogP contribution in [0, 0.1) is 13.8 Å². The standard InChI is InChI=1S/C21H22N4O/c1-4-16-7-5-6-8-17(16)24-20-13-22-19(12-23-20)21(26)25-18-11-14(2)9-10-15(18)3/h5-13H,4H2,1-3H3,(H,23,24)(H,25,26). The van der Waals surface area contributed by atoms with E-state index in [2.05, 4.69) is 33.6 Å². The van der Waals surface area contributed by atoms with Gasteiger partial charge in [0.1, 0.15) is 11.5 Å². The lowest BCUT2D eigenvalue weighted by molar-refractivity contribution is 0.102. The van der Waals surface area contributed by atoms with Crippen molar-refractivity contribution in [2.24, 2.45) is 0 Å². The lowest BCUT2D eigenvalue weighted by atomic mass is 10.1. The smallest absolute Gasteiger partial charge is 0.275 e. The Hall–Kier alpha value is -3.21. The van der Waals surface area contributed by atoms with Crippen molar-refractivity contribution in [3.63, 3.8) is 0 Å². The maximum Gasteiger partial charge on any atom is 0.275 e. The number of amides is 1. The van der Waals surface area contributed by atoms with Gasteiger partial charge in [0.25, 0.3) is 5.91 Å². The first-order chi connectivity index (χ1) is 12.6. The molecule has 1 amide bonds. The Labute approximate surface area is 153 Å². The van der Waals surface area contributed by atoms with Crippen molar-refractivity contribution in [3.05, 3.63) is 77.2 Å². The number of rotatable bonds is 5. The molecule has 0 aliphatic heterocycles. The molecular formula is C21H22N4O. The van der Waals surface area contributed by atoms with Crippen LogP contribution in [0.25, 0.3) is 0 Å². The van der Waals surface area contributed by atoms with E-state index in [1.807, 2.05) is 50.2 Å². The Bertz CT molecular complexity index is 920. The van der Waals surface area contributed by atoms with Crippen LogP contribution in [-0.4, -0.2) is 15.9 Å². The molecule has 0 unspecified atom stereocenters. The predicted octanol–water partition coefficient (Wildman–Crippen LogP) is 4.65. The number of anilines is 3. The second-order valence-electron chi connectivity index (χ2n) is 6.20. The molecule has 0 atom stereocenters. The molecule has 5 heteroatoms. The number of nitrogens with one attached hydrogen (secondary N) is 2. The summed E-state index contributed by atoms with van der Waals surface area (Å²) in [6, 6.07) is 14.0. The summed E-state index contributed by atoms with van der Waals surface area (Å²) >= 11 is 0. The van der Waals surface area contributed by atoms with Crippen molar-refractivity contribution in [2.45, 2.75) is 27.2 Å². The third-order valence-corrected chi connectivity index (χ3v) is 4.19. The highest BCUT2D eigenvalue weighted by molar-refractivity contribution is 6.03. The Balaban J connectivity index is 1.73. The van der Waals surface area contributed by atoms with E-state index in [0.717, 1.165) is 28.9 Å². The number of carbonyl (C=O) groups excluding carboxylic acids is 1. The van der Waals surface area contributed by atoms with E-state index >= 15 is 0 Å². The van der Waals surface area contributed by atoms with E-state index in [4.69, 9.17) is 0 Å². The van der Waals surface area contributed by atoms with Crippen LogP contribution in [0.1, 0.15) is 34.1 Å². The van der Waals surface area contributed by atoms with E-state index < -0.39 is 0 Å². The molecule has 0 radical (unpaired) electrons. The van der Waals surface area contributed by atoms with Gasteiger partial charge in [-0.3, -0.25) is 4.79 Å². The third kappa shape index (κ3) is 4.06. The maximum atomic E-state index is 12.4. The van der Waals surface area contributed by atoms with Gasteiger partial charge in [-0.2, -0.15) is 0 Å². The number of benzene rings is 2. The molecule has 2 N–H and O–H groups in total. The highest BCUT2D eigenvalue weighted by atomic mass is 16.1. The van der Waals surface area contributed by atoms with E-state index in [1.165, 1.54) is 11.8 Å². The summed E-state index contributed by atoms with van der Waals surface area (Å²) in [4.78, 5) is 21.0. The molecule has 0 saturated carbocycles. The number of nitrogens with zero attached hydrogens (tertiary/aromatic N) is 2. The van der Waals surface area contributed by atoms with Crippen molar-refractivity contribution < 1.29 is 4.79 Å². The van der Waals surface area contributed by atoms with Crippen LogP contribution < -0.4 is 10.6 Å². The Morgan fingerprint density at radius 1 is 1.00 bits per heavy atom. The molecule has 0 fully saturated rings. The molecule has 0 aliphatic carbocycles. The molecule has 0 aliphatic rings. The largest absolute Gasteiger partial charge is 0.339 e. The fourth-order valence-corrected chi connectivity index (χ4v) is 2.66. The molecule has 132 valence electrons. The van der Waals surface area contributed by atoms with E-state index in [-0.39, 0.29) is 11.6 Å². The molecule has 26 heavy (non-hydrogen) atoms. The molecule has 5 nitrogen and oxygen atoms in total. The summed E-state index contributed by atoms with van der Waals surface area (Å²) in [5.41, 5.74) is 5.36. The van der Waals surface area contributed by atoms with Crippen LogP contribution in [-0.2, 0) is 6.42 Å². The topological polar surface area (TPSA) is 66.9 Å². The number of para-hydroxylation sites is 1. The Kier molecular flexibility index (Phi) is 5.27. The van der Waals surface area contributed by atoms with Crippen LogP contribution >= 0.6 is 0 Å². The first kappa shape index (κ1) is 17.6. The van der Waals surface area contributed by atoms with Crippen molar-refractivity contribution in [1.29, 1.82) is 0 Å². The molecule has 0 bridgehead atoms. The number of hydrogen-bond donors (Lipinski definition) is 2. The lowest BCUT2D eigenvalue weighted by Crippen LogP contribution is -2.15. The van der Waals surface area contributed by atoms with E-state index in [0.29, 0.717) is 5.82 Å². The predicted molar refractivity (Wildman–Crippen MR) is 105 cm³/mol. The van der Waals surface area contributed by atoms with Crippen LogP contribution in [0.5, 0.6) is 0 Å². The fraction of sp³-hybridized carbons (Fsp3) is 0.190. The monoisotopic (exact) mass is 346 g/mol. The van der Waals surface area contributed by atoms with Gasteiger partial charge >= 0.3 is 0 Å². The summed E-state index contributed by atoms with van der Waals surface area (Å²) in [5, 5.41) is 6.14. The minimum atomic E-state index is -0.272. The quantitative estimate of drug-likeness (QED) is 0.705. The highest BCUT2D eigenvalue weighted by Gasteiger charge is 2.10. The first-order valence-electron chi connectivity index (χ1n) is 8.62. The second-order valence-corrected chi connectivity index (χ2v) is 6.20. The van der Waals surface area contributed by atoms with Crippen molar-refractivity contribution in [3.8, 4) is 0 Å². The van der Waals surface area contributed by atoms with E-state index in [1.54, 1.807) is 6.20 Å².